The predicted molar refractivity (Wildman–Crippen MR) is 144 cm³/mol. The number of Topliss-reactive ketones (excluding diaryl/α,β-unsaturated/α-hetero) is 1. The van der Waals surface area contributed by atoms with E-state index in [1.54, 1.807) is 17.0 Å². The second kappa shape index (κ2) is 11.1. The first-order valence-corrected chi connectivity index (χ1v) is 12.5. The Morgan fingerprint density at radius 1 is 1.03 bits per heavy atom. The van der Waals surface area contributed by atoms with E-state index in [9.17, 15) is 14.7 Å². The Balaban J connectivity index is 1.71. The van der Waals surface area contributed by atoms with Crippen molar-refractivity contribution < 1.29 is 19.4 Å². The van der Waals surface area contributed by atoms with Gasteiger partial charge in [-0.25, -0.2) is 0 Å². The number of likely N-dealkylation sites (N-methyl/N-ethyl adjacent to an activating group) is 1. The molecule has 186 valence electrons. The van der Waals surface area contributed by atoms with E-state index in [0.29, 0.717) is 31.0 Å². The largest absolute Gasteiger partial charge is 0.507 e. The fourth-order valence-electron chi connectivity index (χ4n) is 4.32. The molecule has 1 N–H and O–H groups in total. The number of hydrogen-bond acceptors (Lipinski definition) is 5. The lowest BCUT2D eigenvalue weighted by atomic mass is 9.94. The topological polar surface area (TPSA) is 70.1 Å². The summed E-state index contributed by atoms with van der Waals surface area (Å²) in [5.41, 5.74) is 3.13. The van der Waals surface area contributed by atoms with Crippen LogP contribution in [-0.2, 0) is 16.2 Å². The molecule has 6 nitrogen and oxygen atoms in total. The first-order chi connectivity index (χ1) is 17.3. The number of halogens is 1. The van der Waals surface area contributed by atoms with Gasteiger partial charge >= 0.3 is 0 Å². The number of likely N-dealkylation sites (tertiary alicyclic amines) is 1. The van der Waals surface area contributed by atoms with Crippen LogP contribution in [0.4, 0.5) is 0 Å². The molecule has 0 aliphatic carbocycles. The minimum Gasteiger partial charge on any atom is -0.507 e. The van der Waals surface area contributed by atoms with Crippen LogP contribution in [0.1, 0.15) is 28.3 Å². The number of carbonyl (C=O) groups is 2. The summed E-state index contributed by atoms with van der Waals surface area (Å²) in [6.07, 6.45) is 0. The van der Waals surface area contributed by atoms with Crippen molar-refractivity contribution in [3.63, 3.8) is 0 Å². The Morgan fingerprint density at radius 3 is 2.44 bits per heavy atom. The fourth-order valence-corrected chi connectivity index (χ4v) is 4.74. The van der Waals surface area contributed by atoms with E-state index in [-0.39, 0.29) is 11.3 Å². The van der Waals surface area contributed by atoms with Gasteiger partial charge in [-0.05, 0) is 68.0 Å². The molecule has 1 atom stereocenters. The molecule has 0 spiro atoms. The Bertz CT molecular complexity index is 1300. The van der Waals surface area contributed by atoms with Crippen LogP contribution in [0.3, 0.4) is 0 Å². The highest BCUT2D eigenvalue weighted by molar-refractivity contribution is 9.10. The summed E-state index contributed by atoms with van der Waals surface area (Å²) in [6, 6.07) is 22.0. The van der Waals surface area contributed by atoms with Gasteiger partial charge in [-0.3, -0.25) is 9.59 Å². The molecule has 0 bridgehead atoms. The summed E-state index contributed by atoms with van der Waals surface area (Å²) >= 11 is 3.49. The molecule has 4 rings (SSSR count). The third kappa shape index (κ3) is 5.53. The summed E-state index contributed by atoms with van der Waals surface area (Å²) in [4.78, 5) is 29.8. The molecule has 0 aromatic heterocycles. The zero-order valence-electron chi connectivity index (χ0n) is 20.6. The van der Waals surface area contributed by atoms with Gasteiger partial charge in [0.25, 0.3) is 11.7 Å². The minimum absolute atomic E-state index is 0.0953. The van der Waals surface area contributed by atoms with Crippen molar-refractivity contribution in [2.45, 2.75) is 19.6 Å². The SMILES string of the molecule is Cc1cc(OCc2ccccc2)ccc1C(O)=C1C(=O)C(=O)N(CCN(C)C)[C@@H]1c1cccc(Br)c1. The van der Waals surface area contributed by atoms with E-state index < -0.39 is 17.7 Å². The van der Waals surface area contributed by atoms with Gasteiger partial charge < -0.3 is 19.6 Å². The number of ether oxygens (including phenoxy) is 1. The van der Waals surface area contributed by atoms with Crippen LogP contribution in [0.2, 0.25) is 0 Å². The Hall–Kier alpha value is -3.42. The third-order valence-corrected chi connectivity index (χ3v) is 6.69. The van der Waals surface area contributed by atoms with Crippen molar-refractivity contribution in [3.05, 3.63) is 105 Å². The van der Waals surface area contributed by atoms with Crippen LogP contribution < -0.4 is 4.74 Å². The lowest BCUT2D eigenvalue weighted by Crippen LogP contribution is -2.35. The average molecular weight is 549 g/mol. The molecule has 7 heteroatoms. The van der Waals surface area contributed by atoms with Crippen molar-refractivity contribution in [3.8, 4) is 5.75 Å². The first kappa shape index (κ1) is 25.7. The van der Waals surface area contributed by atoms with Crippen LogP contribution in [0, 0.1) is 6.92 Å². The number of aliphatic hydroxyl groups excluding tert-OH is 1. The number of carbonyl (C=O) groups excluding carboxylic acids is 2. The van der Waals surface area contributed by atoms with E-state index in [0.717, 1.165) is 21.2 Å². The fraction of sp³-hybridized carbons (Fsp3) is 0.241. The first-order valence-electron chi connectivity index (χ1n) is 11.7. The maximum atomic E-state index is 13.2. The molecule has 1 amide bonds. The minimum atomic E-state index is -0.684. The van der Waals surface area contributed by atoms with Gasteiger partial charge in [0.1, 0.15) is 18.1 Å². The molecule has 3 aromatic rings. The van der Waals surface area contributed by atoms with Gasteiger partial charge in [0, 0.05) is 23.1 Å². The number of aryl methyl sites for hydroxylation is 1. The van der Waals surface area contributed by atoms with E-state index in [1.165, 1.54) is 0 Å². The summed E-state index contributed by atoms with van der Waals surface area (Å²) in [5.74, 6) is -0.815. The number of amides is 1. The number of rotatable bonds is 8. The maximum absolute atomic E-state index is 13.2. The van der Waals surface area contributed by atoms with Gasteiger partial charge in [0.05, 0.1) is 11.6 Å². The second-order valence-electron chi connectivity index (χ2n) is 9.10. The van der Waals surface area contributed by atoms with Crippen molar-refractivity contribution in [2.75, 3.05) is 27.2 Å². The van der Waals surface area contributed by atoms with E-state index >= 15 is 0 Å². The monoisotopic (exact) mass is 548 g/mol. The smallest absolute Gasteiger partial charge is 0.295 e. The van der Waals surface area contributed by atoms with Crippen LogP contribution in [0.5, 0.6) is 5.75 Å². The van der Waals surface area contributed by atoms with Crippen molar-refractivity contribution in [1.82, 2.24) is 9.80 Å². The molecule has 36 heavy (non-hydrogen) atoms. The zero-order valence-corrected chi connectivity index (χ0v) is 22.2. The Kier molecular flexibility index (Phi) is 7.91. The highest BCUT2D eigenvalue weighted by Crippen LogP contribution is 2.40. The van der Waals surface area contributed by atoms with Crippen LogP contribution in [-0.4, -0.2) is 53.8 Å². The molecule has 1 saturated heterocycles. The van der Waals surface area contributed by atoms with Crippen LogP contribution >= 0.6 is 15.9 Å². The molecule has 1 aliphatic rings. The number of nitrogens with zero attached hydrogens (tertiary/aromatic N) is 2. The van der Waals surface area contributed by atoms with Crippen molar-refractivity contribution >= 4 is 33.4 Å². The summed E-state index contributed by atoms with van der Waals surface area (Å²) in [5, 5.41) is 11.4. The second-order valence-corrected chi connectivity index (χ2v) is 10.0. The predicted octanol–water partition coefficient (Wildman–Crippen LogP) is 5.32. The molecular formula is C29H29BrN2O4. The Morgan fingerprint density at radius 2 is 1.78 bits per heavy atom. The lowest BCUT2D eigenvalue weighted by molar-refractivity contribution is -0.140. The van der Waals surface area contributed by atoms with Gasteiger partial charge in [-0.1, -0.05) is 58.4 Å². The zero-order chi connectivity index (χ0) is 25.8. The molecule has 1 fully saturated rings. The normalized spacial score (nSPS) is 17.1. The van der Waals surface area contributed by atoms with Gasteiger partial charge in [0.2, 0.25) is 0 Å². The van der Waals surface area contributed by atoms with Crippen molar-refractivity contribution in [2.24, 2.45) is 0 Å². The van der Waals surface area contributed by atoms with E-state index in [2.05, 4.69) is 15.9 Å². The van der Waals surface area contributed by atoms with Crippen LogP contribution in [0.25, 0.3) is 5.76 Å². The molecule has 1 heterocycles. The average Bonchev–Trinajstić information content (AvgIpc) is 3.11. The molecule has 3 aromatic carbocycles. The number of benzene rings is 3. The maximum Gasteiger partial charge on any atom is 0.295 e. The summed E-state index contributed by atoms with van der Waals surface area (Å²) in [7, 11) is 3.82. The standard InChI is InChI=1S/C29H29BrN2O4/c1-19-16-23(36-18-20-8-5-4-6-9-20)12-13-24(19)27(33)25-26(21-10-7-11-22(30)17-21)32(15-14-31(2)3)29(35)28(25)34/h4-13,16-17,26,33H,14-15,18H2,1-3H3/t26-/m1/s1. The lowest BCUT2D eigenvalue weighted by Gasteiger charge is -2.26. The highest BCUT2D eigenvalue weighted by atomic mass is 79.9. The van der Waals surface area contributed by atoms with Gasteiger partial charge in [-0.2, -0.15) is 0 Å². The van der Waals surface area contributed by atoms with Gasteiger partial charge in [0.15, 0.2) is 0 Å². The van der Waals surface area contributed by atoms with Crippen LogP contribution in [0.15, 0.2) is 82.8 Å². The van der Waals surface area contributed by atoms with E-state index in [4.69, 9.17) is 4.74 Å². The molecule has 0 saturated carbocycles. The summed E-state index contributed by atoms with van der Waals surface area (Å²) < 4.78 is 6.74. The highest BCUT2D eigenvalue weighted by Gasteiger charge is 2.46. The van der Waals surface area contributed by atoms with Gasteiger partial charge in [-0.15, -0.1) is 0 Å². The third-order valence-electron chi connectivity index (χ3n) is 6.19. The number of hydrogen-bond donors (Lipinski definition) is 1. The van der Waals surface area contributed by atoms with Crippen molar-refractivity contribution in [1.29, 1.82) is 0 Å². The quantitative estimate of drug-likeness (QED) is 0.234. The number of aliphatic hydroxyl groups is 1. The summed E-state index contributed by atoms with van der Waals surface area (Å²) in [6.45, 7) is 3.22. The van der Waals surface area contributed by atoms with E-state index in [1.807, 2.05) is 86.6 Å². The number of ketones is 1. The Labute approximate surface area is 219 Å². The molecule has 1 aliphatic heterocycles. The molecular weight excluding hydrogens is 520 g/mol. The molecule has 0 radical (unpaired) electrons. The molecule has 0 unspecified atom stereocenters.